The second-order valence-electron chi connectivity index (χ2n) is 6.71. The Balaban J connectivity index is 0.00000280. The van der Waals surface area contributed by atoms with Gasteiger partial charge in [-0.1, -0.05) is 48.0 Å². The first-order valence-corrected chi connectivity index (χ1v) is 9.56. The van der Waals surface area contributed by atoms with E-state index >= 15 is 0 Å². The number of hydrogen-bond donors (Lipinski definition) is 0. The van der Waals surface area contributed by atoms with Gasteiger partial charge in [-0.25, -0.2) is 0 Å². The molecular weight excluding hydrogens is 403 g/mol. The van der Waals surface area contributed by atoms with Gasteiger partial charge in [0.15, 0.2) is 0 Å². The van der Waals surface area contributed by atoms with Gasteiger partial charge in [0.2, 0.25) is 0 Å². The van der Waals surface area contributed by atoms with Crippen molar-refractivity contribution in [2.45, 2.75) is 6.54 Å². The zero-order chi connectivity index (χ0) is 19.1. The zero-order valence-electron chi connectivity index (χ0n) is 16.3. The maximum Gasteiger partial charge on any atom is 1.00 e. The third-order valence-electron chi connectivity index (χ3n) is 4.80. The standard InChI is InChI=1S/C21H25ClN2O3.K/c22-19-7-5-17(6-8-19)20-4-2-1-3-18(20)15-24-11-9-23(10-12-24)13-14-27-16-21(25)26;/h1-8H,9-16H2,(H,25,26);/q;+1/p-1. The number of halogens is 1. The van der Waals surface area contributed by atoms with Crippen LogP contribution in [0.3, 0.4) is 0 Å². The van der Waals surface area contributed by atoms with Crippen LogP contribution < -0.4 is 56.5 Å². The average Bonchev–Trinajstić information content (AvgIpc) is 2.68. The van der Waals surface area contributed by atoms with Gasteiger partial charge in [-0.2, -0.15) is 0 Å². The number of aliphatic carboxylic acids is 1. The van der Waals surface area contributed by atoms with Crippen LogP contribution in [0.1, 0.15) is 5.56 Å². The molecule has 2 aromatic rings. The molecular formula is C21H24ClKN2O3. The summed E-state index contributed by atoms with van der Waals surface area (Å²) in [7, 11) is 0. The van der Waals surface area contributed by atoms with E-state index < -0.39 is 5.97 Å². The van der Waals surface area contributed by atoms with E-state index in [0.29, 0.717) is 6.61 Å². The van der Waals surface area contributed by atoms with Gasteiger partial charge < -0.3 is 14.6 Å². The van der Waals surface area contributed by atoms with E-state index in [9.17, 15) is 9.90 Å². The average molecular weight is 427 g/mol. The second kappa shape index (κ2) is 12.4. The minimum Gasteiger partial charge on any atom is -0.548 e. The zero-order valence-corrected chi connectivity index (χ0v) is 20.2. The summed E-state index contributed by atoms with van der Waals surface area (Å²) in [6.07, 6.45) is 0. The molecule has 0 radical (unpaired) electrons. The number of nitrogens with zero attached hydrogens (tertiary/aromatic N) is 2. The fourth-order valence-corrected chi connectivity index (χ4v) is 3.46. The SMILES string of the molecule is O=C([O-])COCCN1CCN(Cc2ccccc2-c2ccc(Cl)cc2)CC1.[K+]. The van der Waals surface area contributed by atoms with E-state index in [1.54, 1.807) is 0 Å². The van der Waals surface area contributed by atoms with Crippen LogP contribution in [0.4, 0.5) is 0 Å². The Morgan fingerprint density at radius 1 is 1.00 bits per heavy atom. The molecule has 144 valence electrons. The molecule has 1 heterocycles. The number of hydrogen-bond acceptors (Lipinski definition) is 5. The predicted molar refractivity (Wildman–Crippen MR) is 104 cm³/mol. The Morgan fingerprint density at radius 2 is 1.64 bits per heavy atom. The minimum atomic E-state index is -1.17. The first-order chi connectivity index (χ1) is 13.1. The van der Waals surface area contributed by atoms with Gasteiger partial charge in [-0.15, -0.1) is 0 Å². The number of piperazine rings is 1. The predicted octanol–water partition coefficient (Wildman–Crippen LogP) is -1.10. The van der Waals surface area contributed by atoms with Gasteiger partial charge in [-0.3, -0.25) is 9.80 Å². The molecule has 5 nitrogen and oxygen atoms in total. The molecule has 0 spiro atoms. The maximum absolute atomic E-state index is 10.4. The van der Waals surface area contributed by atoms with E-state index in [1.165, 1.54) is 16.7 Å². The molecule has 1 aliphatic rings. The molecule has 1 saturated heterocycles. The Bertz CT molecular complexity index is 750. The summed E-state index contributed by atoms with van der Waals surface area (Å²) < 4.78 is 5.07. The van der Waals surface area contributed by atoms with Crippen LogP contribution in [-0.4, -0.2) is 61.7 Å². The summed E-state index contributed by atoms with van der Waals surface area (Å²) in [6, 6.07) is 16.5. The van der Waals surface area contributed by atoms with Gasteiger partial charge in [0.1, 0.15) is 0 Å². The van der Waals surface area contributed by atoms with E-state index in [0.717, 1.165) is 44.3 Å². The van der Waals surface area contributed by atoms with Crippen molar-refractivity contribution in [3.63, 3.8) is 0 Å². The molecule has 0 saturated carbocycles. The summed E-state index contributed by atoms with van der Waals surface area (Å²) in [5, 5.41) is 11.1. The van der Waals surface area contributed by atoms with Crippen LogP contribution in [0.2, 0.25) is 5.02 Å². The van der Waals surface area contributed by atoms with E-state index in [4.69, 9.17) is 16.3 Å². The molecule has 7 heteroatoms. The Kier molecular flexibility index (Phi) is 10.6. The monoisotopic (exact) mass is 426 g/mol. The molecule has 0 amide bonds. The summed E-state index contributed by atoms with van der Waals surface area (Å²) in [4.78, 5) is 15.1. The number of carboxylic acid groups (broad SMARTS) is 1. The van der Waals surface area contributed by atoms with Gasteiger partial charge in [0.25, 0.3) is 0 Å². The van der Waals surface area contributed by atoms with Crippen LogP contribution in [0.5, 0.6) is 0 Å². The van der Waals surface area contributed by atoms with E-state index in [1.807, 2.05) is 12.1 Å². The number of carbonyl (C=O) groups excluding carboxylic acids is 1. The Hall–Kier alpha value is -0.284. The van der Waals surface area contributed by atoms with Crippen LogP contribution >= 0.6 is 11.6 Å². The van der Waals surface area contributed by atoms with Crippen molar-refractivity contribution in [2.75, 3.05) is 45.9 Å². The molecule has 0 aliphatic carbocycles. The number of rotatable bonds is 8. The molecule has 1 fully saturated rings. The van der Waals surface area contributed by atoms with E-state index in [-0.39, 0.29) is 58.0 Å². The van der Waals surface area contributed by atoms with Crippen LogP contribution in [0.15, 0.2) is 48.5 Å². The Morgan fingerprint density at radius 3 is 2.32 bits per heavy atom. The molecule has 28 heavy (non-hydrogen) atoms. The third-order valence-corrected chi connectivity index (χ3v) is 5.06. The van der Waals surface area contributed by atoms with Crippen molar-refractivity contribution >= 4 is 17.6 Å². The summed E-state index contributed by atoms with van der Waals surface area (Å²) in [6.45, 7) is 5.63. The summed E-state index contributed by atoms with van der Waals surface area (Å²) >= 11 is 6.02. The molecule has 0 aromatic heterocycles. The maximum atomic E-state index is 10.4. The summed E-state index contributed by atoms with van der Waals surface area (Å²) in [5.74, 6) is -1.17. The summed E-state index contributed by atoms with van der Waals surface area (Å²) in [5.41, 5.74) is 3.73. The molecule has 0 unspecified atom stereocenters. The van der Waals surface area contributed by atoms with Crippen molar-refractivity contribution in [1.82, 2.24) is 9.80 Å². The number of carboxylic acids is 1. The van der Waals surface area contributed by atoms with Crippen LogP contribution in [0.25, 0.3) is 11.1 Å². The molecule has 3 rings (SSSR count). The number of carbonyl (C=O) groups is 1. The van der Waals surface area contributed by atoms with Crippen molar-refractivity contribution in [2.24, 2.45) is 0 Å². The normalized spacial score (nSPS) is 15.2. The van der Waals surface area contributed by atoms with Gasteiger partial charge in [-0.05, 0) is 28.8 Å². The molecule has 1 aliphatic heterocycles. The van der Waals surface area contributed by atoms with Crippen molar-refractivity contribution in [3.05, 3.63) is 59.1 Å². The minimum absolute atomic E-state index is 0. The van der Waals surface area contributed by atoms with Crippen molar-refractivity contribution in [1.29, 1.82) is 0 Å². The number of ether oxygens (including phenoxy) is 1. The van der Waals surface area contributed by atoms with Gasteiger partial charge in [0, 0.05) is 44.3 Å². The van der Waals surface area contributed by atoms with Crippen molar-refractivity contribution in [3.8, 4) is 11.1 Å². The Labute approximate surface area is 214 Å². The molecule has 0 N–H and O–H groups in total. The van der Waals surface area contributed by atoms with Gasteiger partial charge in [0.05, 0.1) is 19.2 Å². The van der Waals surface area contributed by atoms with Crippen LogP contribution in [-0.2, 0) is 16.1 Å². The molecule has 0 atom stereocenters. The van der Waals surface area contributed by atoms with Gasteiger partial charge >= 0.3 is 51.4 Å². The largest absolute Gasteiger partial charge is 1.00 e. The topological polar surface area (TPSA) is 55.8 Å². The first-order valence-electron chi connectivity index (χ1n) is 9.18. The quantitative estimate of drug-likeness (QED) is 0.396. The fraction of sp³-hybridized carbons (Fsp3) is 0.381. The molecule has 2 aromatic carbocycles. The first kappa shape index (κ1) is 24.0. The van der Waals surface area contributed by atoms with Crippen molar-refractivity contribution < 1.29 is 66.0 Å². The van der Waals surface area contributed by atoms with E-state index in [2.05, 4.69) is 46.2 Å². The molecule has 0 bridgehead atoms. The fourth-order valence-electron chi connectivity index (χ4n) is 3.33. The third kappa shape index (κ3) is 7.52. The number of benzene rings is 2. The van der Waals surface area contributed by atoms with Crippen LogP contribution in [0, 0.1) is 0 Å². The second-order valence-corrected chi connectivity index (χ2v) is 7.14. The smallest absolute Gasteiger partial charge is 0.548 e.